The number of rotatable bonds is 12. The fourth-order valence-electron chi connectivity index (χ4n) is 1.40. The molecule has 0 aliphatic heterocycles. The highest BCUT2D eigenvalue weighted by molar-refractivity contribution is 5.53. The summed E-state index contributed by atoms with van der Waals surface area (Å²) < 4.78 is 0. The molecule has 4 nitrogen and oxygen atoms in total. The van der Waals surface area contributed by atoms with Crippen molar-refractivity contribution in [2.45, 2.75) is 32.6 Å². The molecule has 96 valence electrons. The van der Waals surface area contributed by atoms with Crippen molar-refractivity contribution in [1.29, 1.82) is 0 Å². The molecule has 4 heteroatoms. The molecule has 16 heavy (non-hydrogen) atoms. The molecule has 4 N–H and O–H groups in total. The van der Waals surface area contributed by atoms with Gasteiger partial charge in [0.2, 0.25) is 0 Å². The molecule has 0 aromatic carbocycles. The lowest BCUT2D eigenvalue weighted by Crippen LogP contribution is -2.21. The summed E-state index contributed by atoms with van der Waals surface area (Å²) >= 11 is 0. The highest BCUT2D eigenvalue weighted by Gasteiger charge is 1.90. The lowest BCUT2D eigenvalue weighted by atomic mass is 10.3. The van der Waals surface area contributed by atoms with Gasteiger partial charge in [0.25, 0.3) is 0 Å². The maximum absolute atomic E-state index is 5.40. The number of nitrogens with two attached hydrogens (primary N) is 1. The third-order valence-electron chi connectivity index (χ3n) is 2.34. The van der Waals surface area contributed by atoms with Gasteiger partial charge in [0.15, 0.2) is 0 Å². The van der Waals surface area contributed by atoms with Gasteiger partial charge in [-0.3, -0.25) is 4.99 Å². The monoisotopic (exact) mass is 228 g/mol. The first-order valence-corrected chi connectivity index (χ1v) is 6.47. The van der Waals surface area contributed by atoms with Crippen molar-refractivity contribution < 1.29 is 0 Å². The van der Waals surface area contributed by atoms with Crippen molar-refractivity contribution in [3.8, 4) is 0 Å². The van der Waals surface area contributed by atoms with Crippen LogP contribution in [0.1, 0.15) is 32.6 Å². The van der Waals surface area contributed by atoms with Crippen LogP contribution in [-0.2, 0) is 0 Å². The van der Waals surface area contributed by atoms with E-state index in [9.17, 15) is 0 Å². The van der Waals surface area contributed by atoms with Gasteiger partial charge in [0, 0.05) is 6.54 Å². The minimum atomic E-state index is 0.787. The van der Waals surface area contributed by atoms with Crippen molar-refractivity contribution >= 4 is 6.21 Å². The topological polar surface area (TPSA) is 62.4 Å². The molecule has 0 fully saturated rings. The predicted molar refractivity (Wildman–Crippen MR) is 72.3 cm³/mol. The molecule has 0 saturated carbocycles. The van der Waals surface area contributed by atoms with Gasteiger partial charge in [-0.1, -0.05) is 0 Å². The van der Waals surface area contributed by atoms with Gasteiger partial charge >= 0.3 is 0 Å². The smallest absolute Gasteiger partial charge is 0.0397 e. The molecule has 0 aromatic rings. The molecule has 0 bridgehead atoms. The summed E-state index contributed by atoms with van der Waals surface area (Å²) in [5.41, 5.74) is 5.40. The van der Waals surface area contributed by atoms with Crippen molar-refractivity contribution in [2.75, 3.05) is 39.3 Å². The van der Waals surface area contributed by atoms with Gasteiger partial charge in [-0.15, -0.1) is 0 Å². The molecular weight excluding hydrogens is 200 g/mol. The van der Waals surface area contributed by atoms with E-state index in [2.05, 4.69) is 15.6 Å². The molecule has 0 unspecified atom stereocenters. The second-order valence-electron chi connectivity index (χ2n) is 3.87. The first-order valence-electron chi connectivity index (χ1n) is 6.47. The highest BCUT2D eigenvalue weighted by Crippen LogP contribution is 1.85. The second-order valence-corrected chi connectivity index (χ2v) is 3.87. The minimum Gasteiger partial charge on any atom is -0.330 e. The van der Waals surface area contributed by atoms with Crippen molar-refractivity contribution in [1.82, 2.24) is 10.6 Å². The molecule has 0 heterocycles. The van der Waals surface area contributed by atoms with Gasteiger partial charge in [-0.05, 0) is 71.5 Å². The van der Waals surface area contributed by atoms with Crippen LogP contribution in [0.2, 0.25) is 0 Å². The maximum Gasteiger partial charge on any atom is 0.0397 e. The average Bonchev–Trinajstić information content (AvgIpc) is 2.31. The van der Waals surface area contributed by atoms with E-state index < -0.39 is 0 Å². The minimum absolute atomic E-state index is 0.787. The van der Waals surface area contributed by atoms with E-state index >= 15 is 0 Å². The van der Waals surface area contributed by atoms with Crippen LogP contribution in [0.15, 0.2) is 4.99 Å². The van der Waals surface area contributed by atoms with Gasteiger partial charge in [-0.25, -0.2) is 0 Å². The predicted octanol–water partition coefficient (Wildman–Crippen LogP) is 0.775. The Morgan fingerprint density at radius 2 is 1.50 bits per heavy atom. The van der Waals surface area contributed by atoms with Crippen LogP contribution in [-0.4, -0.2) is 45.5 Å². The van der Waals surface area contributed by atoms with Gasteiger partial charge < -0.3 is 16.4 Å². The number of nitrogens with one attached hydrogen (secondary N) is 2. The zero-order valence-corrected chi connectivity index (χ0v) is 10.7. The number of hydrogen-bond donors (Lipinski definition) is 3. The number of nitrogens with zero attached hydrogens (tertiary/aromatic N) is 1. The van der Waals surface area contributed by atoms with E-state index in [1.807, 2.05) is 13.1 Å². The zero-order valence-electron chi connectivity index (χ0n) is 10.7. The van der Waals surface area contributed by atoms with Crippen LogP contribution >= 0.6 is 0 Å². The highest BCUT2D eigenvalue weighted by atomic mass is 14.9. The molecule has 0 spiro atoms. The molecule has 0 aromatic heterocycles. The molecule has 0 aliphatic rings. The third kappa shape index (κ3) is 13.5. The van der Waals surface area contributed by atoms with Crippen LogP contribution in [0.3, 0.4) is 0 Å². The summed E-state index contributed by atoms with van der Waals surface area (Å²) in [4.78, 5) is 4.16. The lowest BCUT2D eigenvalue weighted by Gasteiger charge is -2.05. The summed E-state index contributed by atoms with van der Waals surface area (Å²) in [5, 5.41) is 6.80. The molecule has 0 saturated heterocycles. The first kappa shape index (κ1) is 15.6. The van der Waals surface area contributed by atoms with Crippen molar-refractivity contribution in [2.24, 2.45) is 10.7 Å². The van der Waals surface area contributed by atoms with E-state index in [0.29, 0.717) is 0 Å². The fourth-order valence-corrected chi connectivity index (χ4v) is 1.40. The molecule has 0 radical (unpaired) electrons. The molecule has 0 amide bonds. The van der Waals surface area contributed by atoms with E-state index in [1.54, 1.807) is 0 Å². The van der Waals surface area contributed by atoms with Crippen LogP contribution in [0, 0.1) is 0 Å². The van der Waals surface area contributed by atoms with Crippen LogP contribution < -0.4 is 16.4 Å². The van der Waals surface area contributed by atoms with E-state index in [0.717, 1.165) is 52.1 Å². The van der Waals surface area contributed by atoms with Gasteiger partial charge in [-0.2, -0.15) is 0 Å². The normalized spacial score (nSPS) is 11.4. The Kier molecular flexibility index (Phi) is 14.1. The Morgan fingerprint density at radius 3 is 2.06 bits per heavy atom. The Bertz CT molecular complexity index is 148. The standard InChI is InChI=1S/C12H28N4/c1-2-14-11-6-12-16-9-4-3-8-15-10-5-7-13/h2,15-16H,3-13H2,1H3. The first-order chi connectivity index (χ1) is 7.91. The average molecular weight is 228 g/mol. The molecule has 0 atom stereocenters. The van der Waals surface area contributed by atoms with Gasteiger partial charge in [0.1, 0.15) is 0 Å². The van der Waals surface area contributed by atoms with E-state index in [-0.39, 0.29) is 0 Å². The Hall–Kier alpha value is -0.450. The molecular formula is C12H28N4. The van der Waals surface area contributed by atoms with E-state index in [4.69, 9.17) is 5.73 Å². The molecule has 0 aliphatic carbocycles. The Labute approximate surface area is 100 Å². The molecule has 0 rings (SSSR count). The van der Waals surface area contributed by atoms with Crippen molar-refractivity contribution in [3.05, 3.63) is 0 Å². The van der Waals surface area contributed by atoms with Gasteiger partial charge in [0.05, 0.1) is 0 Å². The Balaban J connectivity index is 2.88. The maximum atomic E-state index is 5.40. The quantitative estimate of drug-likeness (QED) is 0.342. The largest absolute Gasteiger partial charge is 0.330 e. The van der Waals surface area contributed by atoms with E-state index in [1.165, 1.54) is 12.8 Å². The van der Waals surface area contributed by atoms with Crippen LogP contribution in [0.5, 0.6) is 0 Å². The van der Waals surface area contributed by atoms with Crippen molar-refractivity contribution in [3.63, 3.8) is 0 Å². The number of hydrogen-bond acceptors (Lipinski definition) is 4. The fraction of sp³-hybridized carbons (Fsp3) is 0.917. The summed E-state index contributed by atoms with van der Waals surface area (Å²) in [7, 11) is 0. The second kappa shape index (κ2) is 14.6. The van der Waals surface area contributed by atoms with Crippen LogP contribution in [0.4, 0.5) is 0 Å². The summed E-state index contributed by atoms with van der Waals surface area (Å²) in [6, 6.07) is 0. The van der Waals surface area contributed by atoms with Crippen LogP contribution in [0.25, 0.3) is 0 Å². The Morgan fingerprint density at radius 1 is 0.938 bits per heavy atom. The zero-order chi connectivity index (χ0) is 11.9. The lowest BCUT2D eigenvalue weighted by molar-refractivity contribution is 0.570. The number of unbranched alkanes of at least 4 members (excludes halogenated alkanes) is 1. The summed E-state index contributed by atoms with van der Waals surface area (Å²) in [6.07, 6.45) is 6.57. The third-order valence-corrected chi connectivity index (χ3v) is 2.34. The summed E-state index contributed by atoms with van der Waals surface area (Å²) in [6.45, 7) is 8.07. The summed E-state index contributed by atoms with van der Waals surface area (Å²) in [5.74, 6) is 0. The SMILES string of the molecule is CC=NCCCNCCCCNCCCN. The number of aliphatic imine (C=N–C) groups is 1.